The number of amides is 1. The van der Waals surface area contributed by atoms with E-state index >= 15 is 0 Å². The van der Waals surface area contributed by atoms with Gasteiger partial charge in [-0.05, 0) is 23.7 Å². The van der Waals surface area contributed by atoms with Crippen molar-refractivity contribution >= 4 is 11.9 Å². The number of hydrogen-bond acceptors (Lipinski definition) is 4. The fraction of sp³-hybridized carbons (Fsp3) is 0.182. The van der Waals surface area contributed by atoms with Gasteiger partial charge in [0.2, 0.25) is 0 Å². The van der Waals surface area contributed by atoms with Crippen LogP contribution in [-0.4, -0.2) is 16.0 Å². The van der Waals surface area contributed by atoms with Crippen LogP contribution < -0.4 is 5.32 Å². The van der Waals surface area contributed by atoms with E-state index in [1.54, 1.807) is 25.1 Å². The first-order valence-corrected chi connectivity index (χ1v) is 5.16. The van der Waals surface area contributed by atoms with E-state index < -0.39 is 23.9 Å². The number of carbonyl (C=O) groups excluding carboxylic acids is 1. The van der Waals surface area contributed by atoms with Crippen molar-refractivity contribution in [2.24, 2.45) is 0 Å². The van der Waals surface area contributed by atoms with Gasteiger partial charge in [0.05, 0.1) is 0 Å². The van der Waals surface area contributed by atoms with Crippen LogP contribution in [0.1, 0.15) is 21.7 Å². The molecule has 1 N–H and O–H groups in total. The Labute approximate surface area is 105 Å². The molecule has 1 heterocycles. The zero-order valence-electron chi connectivity index (χ0n) is 9.65. The third kappa shape index (κ3) is 2.90. The van der Waals surface area contributed by atoms with Gasteiger partial charge in [-0.15, -0.1) is 0 Å². The minimum absolute atomic E-state index is 0.314. The summed E-state index contributed by atoms with van der Waals surface area (Å²) in [5.74, 6) is -2.05. The van der Waals surface area contributed by atoms with Gasteiger partial charge in [-0.3, -0.25) is 10.1 Å². The number of benzene rings is 1. The van der Waals surface area contributed by atoms with Crippen LogP contribution in [0.2, 0.25) is 0 Å². The number of carbonyl (C=O) groups is 1. The van der Waals surface area contributed by atoms with Gasteiger partial charge in [0.15, 0.2) is 0 Å². The third-order valence-corrected chi connectivity index (χ3v) is 2.29. The second kappa shape index (κ2) is 4.71. The molecule has 1 aromatic heterocycles. The van der Waals surface area contributed by atoms with Crippen LogP contribution in [0, 0.1) is 6.92 Å². The molecule has 0 aliphatic heterocycles. The molecule has 5 nitrogen and oxygen atoms in total. The van der Waals surface area contributed by atoms with Gasteiger partial charge in [-0.1, -0.05) is 18.2 Å². The molecule has 0 saturated heterocycles. The van der Waals surface area contributed by atoms with Crippen molar-refractivity contribution in [2.45, 2.75) is 13.1 Å². The highest BCUT2D eigenvalue weighted by Crippen LogP contribution is 2.27. The molecular weight excluding hydrogens is 263 g/mol. The summed E-state index contributed by atoms with van der Waals surface area (Å²) in [5.41, 5.74) is 0.991. The van der Waals surface area contributed by atoms with Crippen molar-refractivity contribution < 1.29 is 22.5 Å². The lowest BCUT2D eigenvalue weighted by Gasteiger charge is -2.03. The number of halogens is 3. The maximum Gasteiger partial charge on any atom is 0.455 e. The number of aromatic nitrogens is 2. The second-order valence-corrected chi connectivity index (χ2v) is 3.69. The van der Waals surface area contributed by atoms with Gasteiger partial charge in [0.25, 0.3) is 11.7 Å². The molecule has 19 heavy (non-hydrogen) atoms. The summed E-state index contributed by atoms with van der Waals surface area (Å²) >= 11 is 0. The Morgan fingerprint density at radius 2 is 2.00 bits per heavy atom. The summed E-state index contributed by atoms with van der Waals surface area (Å²) in [6.07, 6.45) is -4.71. The molecular formula is C11H8F3N3O2. The topological polar surface area (TPSA) is 68.0 Å². The minimum atomic E-state index is -4.71. The standard InChI is InChI=1S/C11H8F3N3O2/c1-6-4-2-3-5-7(6)8(18)15-10-16-9(17-19-10)11(12,13)14/h2-5H,1H3,(H,15,16,17,18). The Kier molecular flexibility index (Phi) is 3.24. The lowest BCUT2D eigenvalue weighted by atomic mass is 10.1. The zero-order chi connectivity index (χ0) is 14.0. The molecule has 0 spiro atoms. The molecule has 8 heteroatoms. The van der Waals surface area contributed by atoms with Gasteiger partial charge < -0.3 is 4.52 Å². The summed E-state index contributed by atoms with van der Waals surface area (Å²) in [6.45, 7) is 1.70. The molecule has 0 saturated carbocycles. The van der Waals surface area contributed by atoms with E-state index in [2.05, 4.69) is 20.0 Å². The first-order chi connectivity index (χ1) is 8.88. The van der Waals surface area contributed by atoms with Gasteiger partial charge in [0, 0.05) is 5.56 Å². The van der Waals surface area contributed by atoms with E-state index in [9.17, 15) is 18.0 Å². The SMILES string of the molecule is Cc1ccccc1C(=O)Nc1nc(C(F)(F)F)no1. The zero-order valence-corrected chi connectivity index (χ0v) is 9.65. The number of rotatable bonds is 2. The quantitative estimate of drug-likeness (QED) is 0.911. The number of anilines is 1. The summed E-state index contributed by atoms with van der Waals surface area (Å²) < 4.78 is 41.0. The Morgan fingerprint density at radius 1 is 1.32 bits per heavy atom. The molecule has 0 radical (unpaired) electrons. The van der Waals surface area contributed by atoms with Crippen LogP contribution in [0.15, 0.2) is 28.8 Å². The molecule has 1 aromatic carbocycles. The first kappa shape index (κ1) is 13.1. The molecule has 2 aromatic rings. The van der Waals surface area contributed by atoms with E-state index in [0.717, 1.165) is 0 Å². The lowest BCUT2D eigenvalue weighted by Crippen LogP contribution is -2.14. The average Bonchev–Trinajstić information content (AvgIpc) is 2.77. The largest absolute Gasteiger partial charge is 0.455 e. The van der Waals surface area contributed by atoms with Crippen molar-refractivity contribution in [1.29, 1.82) is 0 Å². The Bertz CT molecular complexity index is 607. The first-order valence-electron chi connectivity index (χ1n) is 5.16. The predicted octanol–water partition coefficient (Wildman–Crippen LogP) is 2.65. The number of alkyl halides is 3. The molecule has 0 atom stereocenters. The van der Waals surface area contributed by atoms with Crippen molar-refractivity contribution in [3.8, 4) is 0 Å². The van der Waals surface area contributed by atoms with Crippen LogP contribution in [0.3, 0.4) is 0 Å². The Balaban J connectivity index is 2.16. The molecule has 0 aliphatic carbocycles. The molecule has 1 amide bonds. The number of nitrogens with zero attached hydrogens (tertiary/aromatic N) is 2. The molecule has 0 fully saturated rings. The maximum atomic E-state index is 12.2. The van der Waals surface area contributed by atoms with Crippen LogP contribution >= 0.6 is 0 Å². The predicted molar refractivity (Wildman–Crippen MR) is 58.4 cm³/mol. The fourth-order valence-corrected chi connectivity index (χ4v) is 1.38. The molecule has 0 aliphatic rings. The van der Waals surface area contributed by atoms with E-state index in [0.29, 0.717) is 11.1 Å². The van der Waals surface area contributed by atoms with Gasteiger partial charge >= 0.3 is 12.2 Å². The van der Waals surface area contributed by atoms with Crippen LogP contribution in [-0.2, 0) is 6.18 Å². The van der Waals surface area contributed by atoms with Gasteiger partial charge in [-0.25, -0.2) is 0 Å². The Morgan fingerprint density at radius 3 is 2.58 bits per heavy atom. The van der Waals surface area contributed by atoms with E-state index in [1.165, 1.54) is 6.07 Å². The second-order valence-electron chi connectivity index (χ2n) is 3.69. The molecule has 100 valence electrons. The number of aryl methyl sites for hydroxylation is 1. The fourth-order valence-electron chi connectivity index (χ4n) is 1.38. The van der Waals surface area contributed by atoms with Crippen LogP contribution in [0.5, 0.6) is 0 Å². The van der Waals surface area contributed by atoms with Crippen LogP contribution in [0.25, 0.3) is 0 Å². The smallest absolute Gasteiger partial charge is 0.315 e. The van der Waals surface area contributed by atoms with Crippen molar-refractivity contribution in [1.82, 2.24) is 10.1 Å². The van der Waals surface area contributed by atoms with Gasteiger partial charge in [-0.2, -0.15) is 18.2 Å². The van der Waals surface area contributed by atoms with Crippen molar-refractivity contribution in [3.63, 3.8) is 0 Å². The lowest BCUT2D eigenvalue weighted by molar-refractivity contribution is -0.146. The van der Waals surface area contributed by atoms with E-state index in [4.69, 9.17) is 0 Å². The van der Waals surface area contributed by atoms with E-state index in [-0.39, 0.29) is 0 Å². The number of hydrogen-bond donors (Lipinski definition) is 1. The van der Waals surface area contributed by atoms with E-state index in [1.807, 2.05) is 0 Å². The highest BCUT2D eigenvalue weighted by atomic mass is 19.4. The van der Waals surface area contributed by atoms with Gasteiger partial charge in [0.1, 0.15) is 0 Å². The normalized spacial score (nSPS) is 11.4. The molecule has 0 bridgehead atoms. The average molecular weight is 271 g/mol. The summed E-state index contributed by atoms with van der Waals surface area (Å²) in [5, 5.41) is 4.84. The van der Waals surface area contributed by atoms with Crippen molar-refractivity contribution in [2.75, 3.05) is 5.32 Å². The highest BCUT2D eigenvalue weighted by molar-refractivity contribution is 6.04. The number of nitrogens with one attached hydrogen (secondary N) is 1. The monoisotopic (exact) mass is 271 g/mol. The highest BCUT2D eigenvalue weighted by Gasteiger charge is 2.37. The summed E-state index contributed by atoms with van der Waals surface area (Å²) in [4.78, 5) is 14.8. The Hall–Kier alpha value is -2.38. The molecule has 0 unspecified atom stereocenters. The van der Waals surface area contributed by atoms with Crippen molar-refractivity contribution in [3.05, 3.63) is 41.2 Å². The summed E-state index contributed by atoms with van der Waals surface area (Å²) in [7, 11) is 0. The summed E-state index contributed by atoms with van der Waals surface area (Å²) in [6, 6.07) is 6.01. The third-order valence-electron chi connectivity index (χ3n) is 2.29. The van der Waals surface area contributed by atoms with Crippen LogP contribution in [0.4, 0.5) is 19.2 Å². The molecule has 2 rings (SSSR count). The minimum Gasteiger partial charge on any atom is -0.315 e. The maximum absolute atomic E-state index is 12.2.